The smallest absolute Gasteiger partial charge is 0.331 e. The summed E-state index contributed by atoms with van der Waals surface area (Å²) in [6.07, 6.45) is 6.22. The Bertz CT molecular complexity index is 994. The Morgan fingerprint density at radius 1 is 1.03 bits per heavy atom. The number of aliphatic carboxylic acids is 1. The van der Waals surface area contributed by atoms with Crippen LogP contribution in [0.2, 0.25) is 0 Å². The second-order valence-electron chi connectivity index (χ2n) is 13.6. The molecule has 4 aliphatic carbocycles. The number of ether oxygens (including phenoxy) is 1. The molecule has 4 rings (SSSR count). The van der Waals surface area contributed by atoms with Crippen molar-refractivity contribution < 1.29 is 29.6 Å². The Kier molecular flexibility index (Phi) is 7.53. The van der Waals surface area contributed by atoms with Crippen LogP contribution in [0.15, 0.2) is 22.8 Å². The Morgan fingerprint density at radius 3 is 2.30 bits per heavy atom. The van der Waals surface area contributed by atoms with E-state index in [9.17, 15) is 24.9 Å². The van der Waals surface area contributed by atoms with Gasteiger partial charge in [0.25, 0.3) is 0 Å². The molecule has 0 radical (unpaired) electrons. The number of carbonyl (C=O) groups excluding carboxylic acids is 1. The van der Waals surface area contributed by atoms with Crippen LogP contribution in [0.5, 0.6) is 0 Å². The van der Waals surface area contributed by atoms with Gasteiger partial charge < -0.3 is 20.1 Å². The third kappa shape index (κ3) is 4.40. The predicted octanol–water partition coefficient (Wildman–Crippen LogP) is 5.67. The van der Waals surface area contributed by atoms with E-state index < -0.39 is 24.1 Å². The number of carboxylic acid groups (broad SMARTS) is 1. The van der Waals surface area contributed by atoms with Crippen molar-refractivity contribution in [3.63, 3.8) is 0 Å². The molecule has 6 nitrogen and oxygen atoms in total. The molecule has 0 heterocycles. The van der Waals surface area contributed by atoms with E-state index in [1.807, 2.05) is 19.9 Å². The molecule has 0 spiro atoms. The molecule has 208 valence electrons. The van der Waals surface area contributed by atoms with Crippen molar-refractivity contribution in [1.82, 2.24) is 0 Å². The van der Waals surface area contributed by atoms with Crippen LogP contribution in [0.25, 0.3) is 0 Å². The van der Waals surface area contributed by atoms with Gasteiger partial charge in [-0.1, -0.05) is 39.3 Å². The molecule has 3 N–H and O–H groups in total. The van der Waals surface area contributed by atoms with Gasteiger partial charge >= 0.3 is 11.9 Å². The number of aliphatic hydroxyl groups is 2. The average Bonchev–Trinajstić information content (AvgIpc) is 3.05. The molecule has 0 aromatic heterocycles. The SMILES string of the molecule is CC(=O)OC1C[C@@]2(C)[C@@H](C[C@@H](O)[C@H]3[C@@]4(C)CC[C@@H](O)[C@@H](C)[C@@H]4CC[C@@]32C)C1=C(CCC=C(C)C)C(=O)O. The van der Waals surface area contributed by atoms with Crippen molar-refractivity contribution in [2.75, 3.05) is 0 Å². The van der Waals surface area contributed by atoms with Gasteiger partial charge in [-0.3, -0.25) is 4.79 Å². The molecule has 0 aromatic carbocycles. The molecule has 0 bridgehead atoms. The Hall–Kier alpha value is -1.66. The second kappa shape index (κ2) is 9.82. The van der Waals surface area contributed by atoms with Crippen LogP contribution < -0.4 is 0 Å². The molecule has 1 unspecified atom stereocenters. The summed E-state index contributed by atoms with van der Waals surface area (Å²) in [6, 6.07) is 0. The number of fused-ring (bicyclic) bond motifs is 5. The molecule has 0 aliphatic heterocycles. The third-order valence-corrected chi connectivity index (χ3v) is 11.6. The van der Waals surface area contributed by atoms with Crippen LogP contribution in [-0.4, -0.2) is 45.6 Å². The topological polar surface area (TPSA) is 104 Å². The summed E-state index contributed by atoms with van der Waals surface area (Å²) < 4.78 is 5.87. The number of hydrogen-bond acceptors (Lipinski definition) is 5. The number of carboxylic acids is 1. The summed E-state index contributed by atoms with van der Waals surface area (Å²) in [7, 11) is 0. The highest BCUT2D eigenvalue weighted by atomic mass is 16.5. The number of allylic oxidation sites excluding steroid dienone is 2. The van der Waals surface area contributed by atoms with Crippen LogP contribution in [0.1, 0.15) is 99.8 Å². The fraction of sp³-hybridized carbons (Fsp3) is 0.806. The first kappa shape index (κ1) is 28.4. The van der Waals surface area contributed by atoms with Gasteiger partial charge in [-0.2, -0.15) is 0 Å². The van der Waals surface area contributed by atoms with E-state index in [-0.39, 0.29) is 40.1 Å². The lowest BCUT2D eigenvalue weighted by atomic mass is 9.36. The lowest BCUT2D eigenvalue weighted by Gasteiger charge is -2.69. The van der Waals surface area contributed by atoms with Gasteiger partial charge in [-0.15, -0.1) is 0 Å². The minimum Gasteiger partial charge on any atom is -0.478 e. The molecule has 4 saturated carbocycles. The molecule has 0 saturated heterocycles. The molecule has 4 aliphatic rings. The first-order valence-electron chi connectivity index (χ1n) is 14.3. The van der Waals surface area contributed by atoms with E-state index in [1.54, 1.807) is 0 Å². The van der Waals surface area contributed by atoms with Crippen molar-refractivity contribution >= 4 is 11.9 Å². The van der Waals surface area contributed by atoms with E-state index in [4.69, 9.17) is 4.74 Å². The van der Waals surface area contributed by atoms with Crippen LogP contribution >= 0.6 is 0 Å². The van der Waals surface area contributed by atoms with Gasteiger partial charge in [0.15, 0.2) is 0 Å². The van der Waals surface area contributed by atoms with Gasteiger partial charge in [0.05, 0.1) is 12.2 Å². The lowest BCUT2D eigenvalue weighted by Crippen LogP contribution is -2.65. The van der Waals surface area contributed by atoms with Gasteiger partial charge in [0.2, 0.25) is 0 Å². The Labute approximate surface area is 222 Å². The minimum atomic E-state index is -0.953. The van der Waals surface area contributed by atoms with Crippen molar-refractivity contribution in [1.29, 1.82) is 0 Å². The average molecular weight is 517 g/mol. The van der Waals surface area contributed by atoms with Gasteiger partial charge in [-0.25, -0.2) is 4.79 Å². The zero-order valence-corrected chi connectivity index (χ0v) is 23.8. The van der Waals surface area contributed by atoms with E-state index >= 15 is 0 Å². The van der Waals surface area contributed by atoms with Crippen molar-refractivity contribution in [2.24, 2.45) is 39.9 Å². The van der Waals surface area contributed by atoms with Gasteiger partial charge in [0.1, 0.15) is 6.10 Å². The summed E-state index contributed by atoms with van der Waals surface area (Å²) >= 11 is 0. The van der Waals surface area contributed by atoms with E-state index in [1.165, 1.54) is 6.92 Å². The lowest BCUT2D eigenvalue weighted by molar-refractivity contribution is -0.234. The number of esters is 1. The first-order valence-corrected chi connectivity index (χ1v) is 14.3. The monoisotopic (exact) mass is 516 g/mol. The molecule has 0 amide bonds. The second-order valence-corrected chi connectivity index (χ2v) is 13.6. The number of aliphatic hydroxyl groups excluding tert-OH is 2. The number of rotatable bonds is 5. The fourth-order valence-electron chi connectivity index (χ4n) is 9.79. The normalized spacial score (nSPS) is 46.2. The Morgan fingerprint density at radius 2 is 1.70 bits per heavy atom. The zero-order chi connectivity index (χ0) is 27.5. The van der Waals surface area contributed by atoms with Crippen LogP contribution in [0.3, 0.4) is 0 Å². The fourth-order valence-corrected chi connectivity index (χ4v) is 9.79. The zero-order valence-electron chi connectivity index (χ0n) is 23.8. The van der Waals surface area contributed by atoms with Crippen LogP contribution in [0, 0.1) is 39.9 Å². The molecule has 4 fully saturated rings. The van der Waals surface area contributed by atoms with Gasteiger partial charge in [-0.05, 0) is 111 Å². The largest absolute Gasteiger partial charge is 0.478 e. The summed E-state index contributed by atoms with van der Waals surface area (Å²) in [5.74, 6) is -0.909. The maximum absolute atomic E-state index is 12.6. The molecular weight excluding hydrogens is 468 g/mol. The maximum Gasteiger partial charge on any atom is 0.331 e. The third-order valence-electron chi connectivity index (χ3n) is 11.6. The minimum absolute atomic E-state index is 0.0474. The maximum atomic E-state index is 12.6. The summed E-state index contributed by atoms with van der Waals surface area (Å²) in [4.78, 5) is 24.8. The van der Waals surface area contributed by atoms with E-state index in [2.05, 4.69) is 27.7 Å². The predicted molar refractivity (Wildman–Crippen MR) is 143 cm³/mol. The quantitative estimate of drug-likeness (QED) is 0.247. The standard InChI is InChI=1S/C31H48O6/c1-17(2)9-8-10-20(28(35)36)26-22-15-24(34)27-29(5)13-12-23(33)18(3)21(29)11-14-30(27,6)31(22,7)16-25(26)37-19(4)32/h9,18,21-25,27,33-34H,8,10-16H2,1-7H3,(H,35,36)/t18-,21-,22-,23+,24+,25?,27-,29-,30-,31-/m0/s1. The van der Waals surface area contributed by atoms with E-state index in [0.29, 0.717) is 37.2 Å². The van der Waals surface area contributed by atoms with Crippen molar-refractivity contribution in [3.05, 3.63) is 22.8 Å². The Balaban J connectivity index is 1.82. The first-order chi connectivity index (χ1) is 17.2. The van der Waals surface area contributed by atoms with E-state index in [0.717, 1.165) is 36.8 Å². The van der Waals surface area contributed by atoms with Crippen molar-refractivity contribution in [3.8, 4) is 0 Å². The summed E-state index contributed by atoms with van der Waals surface area (Å²) in [5.41, 5.74) is 1.57. The highest BCUT2D eigenvalue weighted by molar-refractivity contribution is 5.88. The highest BCUT2D eigenvalue weighted by Crippen LogP contribution is 2.74. The summed E-state index contributed by atoms with van der Waals surface area (Å²) in [6.45, 7) is 14.5. The summed E-state index contributed by atoms with van der Waals surface area (Å²) in [5, 5.41) is 32.9. The van der Waals surface area contributed by atoms with Crippen LogP contribution in [-0.2, 0) is 14.3 Å². The molecule has 37 heavy (non-hydrogen) atoms. The number of carbonyl (C=O) groups is 2. The number of hydrogen-bond donors (Lipinski definition) is 3. The highest BCUT2D eigenvalue weighted by Gasteiger charge is 2.70. The van der Waals surface area contributed by atoms with Crippen LogP contribution in [0.4, 0.5) is 0 Å². The molecule has 0 aromatic rings. The molecule has 10 atom stereocenters. The molecule has 6 heteroatoms. The van der Waals surface area contributed by atoms with Crippen molar-refractivity contribution in [2.45, 2.75) is 118 Å². The van der Waals surface area contributed by atoms with Gasteiger partial charge in [0, 0.05) is 12.5 Å². The molecular formula is C31H48O6.